The molecule has 7 N–H and O–H groups in total. The predicted molar refractivity (Wildman–Crippen MR) is 190 cm³/mol. The lowest BCUT2D eigenvalue weighted by Gasteiger charge is -2.32. The number of thioether (sulfide) groups is 1. The van der Waals surface area contributed by atoms with Crippen molar-refractivity contribution in [1.82, 2.24) is 31.5 Å². The molecular formula is C33H51N6O10PS. The Morgan fingerprint density at radius 1 is 0.863 bits per heavy atom. The maximum Gasteiger partial charge on any atom is 0.469 e. The van der Waals surface area contributed by atoms with Gasteiger partial charge >= 0.3 is 7.82 Å². The first-order valence-electron chi connectivity index (χ1n) is 17.0. The number of hydrogen-bond donors (Lipinski definition) is 7. The SMILES string of the molecule is CSCC[C@@H]1NC(=O)[C@H]2CCCN2C(=O)[C@H](C(C)C)NC(=O)[C@@H](Cc2ccc(COP(=O)(O)O)cc2)NC(=O)CNC(=O)[C@@H](CC(C)C)NC1=O. The maximum atomic E-state index is 14.0. The first-order chi connectivity index (χ1) is 24.0. The average Bonchev–Trinajstić information content (AvgIpc) is 3.56. The highest BCUT2D eigenvalue weighted by Gasteiger charge is 2.40. The molecule has 1 aromatic carbocycles. The molecule has 51 heavy (non-hydrogen) atoms. The molecule has 16 nitrogen and oxygen atoms in total. The summed E-state index contributed by atoms with van der Waals surface area (Å²) in [5, 5.41) is 13.5. The van der Waals surface area contributed by atoms with E-state index in [-0.39, 0.29) is 38.3 Å². The summed E-state index contributed by atoms with van der Waals surface area (Å²) < 4.78 is 15.6. The van der Waals surface area contributed by atoms with E-state index in [9.17, 15) is 33.3 Å². The third kappa shape index (κ3) is 13.2. The summed E-state index contributed by atoms with van der Waals surface area (Å²) in [5.74, 6) is -3.35. The smallest absolute Gasteiger partial charge is 0.345 e. The number of phosphoric acid groups is 1. The fraction of sp³-hybridized carbons (Fsp3) is 0.636. The lowest BCUT2D eigenvalue weighted by molar-refractivity contribution is -0.143. The molecule has 0 saturated carbocycles. The highest BCUT2D eigenvalue weighted by molar-refractivity contribution is 7.98. The molecule has 0 aliphatic carbocycles. The fourth-order valence-electron chi connectivity index (χ4n) is 5.91. The van der Waals surface area contributed by atoms with Gasteiger partial charge in [-0.1, -0.05) is 52.0 Å². The molecule has 0 radical (unpaired) electrons. The second kappa shape index (κ2) is 19.4. The normalized spacial score (nSPS) is 24.6. The third-order valence-corrected chi connectivity index (χ3v) is 9.70. The first-order valence-corrected chi connectivity index (χ1v) is 20.0. The van der Waals surface area contributed by atoms with Crippen molar-refractivity contribution in [3.8, 4) is 0 Å². The summed E-state index contributed by atoms with van der Waals surface area (Å²) in [7, 11) is -4.69. The standard InChI is InChI=1S/C33H51N6O10PS/c1-19(2)15-24-29(41)34-17-27(40)35-25(16-21-8-10-22(11-9-21)18-49-50(46,47)48)31(43)38-28(20(3)4)33(45)39-13-6-7-26(39)32(44)36-23(12-14-51-5)30(42)37-24/h8-11,19-20,23-26,28H,6-7,12-18H2,1-5H3,(H,34,41)(H,35,40)(H,36,44)(H,37,42)(H,38,43)(H2,46,47,48)/t23-,24+,25+,26+,28-/m0/s1. The number of benzene rings is 1. The molecule has 18 heteroatoms. The molecule has 0 unspecified atom stereocenters. The summed E-state index contributed by atoms with van der Waals surface area (Å²) in [6.45, 7) is 6.65. The quantitative estimate of drug-likeness (QED) is 0.152. The van der Waals surface area contributed by atoms with Gasteiger partial charge in [0.15, 0.2) is 0 Å². The van der Waals surface area contributed by atoms with E-state index < -0.39 is 85.9 Å². The highest BCUT2D eigenvalue weighted by Crippen LogP contribution is 2.36. The van der Waals surface area contributed by atoms with E-state index in [1.807, 2.05) is 20.1 Å². The van der Waals surface area contributed by atoms with Gasteiger partial charge in [0.25, 0.3) is 0 Å². The molecule has 2 fully saturated rings. The zero-order chi connectivity index (χ0) is 37.9. The Balaban J connectivity index is 1.96. The largest absolute Gasteiger partial charge is 0.469 e. The Labute approximate surface area is 302 Å². The van der Waals surface area contributed by atoms with E-state index in [0.29, 0.717) is 29.7 Å². The first kappa shape index (κ1) is 41.9. The Bertz CT molecular complexity index is 1460. The van der Waals surface area contributed by atoms with Crippen LogP contribution in [0.4, 0.5) is 0 Å². The lowest BCUT2D eigenvalue weighted by Crippen LogP contribution is -2.61. The fourth-order valence-corrected chi connectivity index (χ4v) is 6.70. The van der Waals surface area contributed by atoms with Crippen molar-refractivity contribution in [2.24, 2.45) is 11.8 Å². The van der Waals surface area contributed by atoms with E-state index in [1.165, 1.54) is 16.7 Å². The van der Waals surface area contributed by atoms with Crippen LogP contribution in [-0.4, -0.2) is 105 Å². The average molecular weight is 755 g/mol. The second-order valence-electron chi connectivity index (χ2n) is 13.6. The Hall–Kier alpha value is -3.50. The van der Waals surface area contributed by atoms with Gasteiger partial charge in [-0.3, -0.25) is 33.3 Å². The molecule has 0 spiro atoms. The van der Waals surface area contributed by atoms with Gasteiger partial charge in [-0.25, -0.2) is 4.57 Å². The number of nitrogens with one attached hydrogen (secondary N) is 5. The van der Waals surface area contributed by atoms with Crippen LogP contribution in [0, 0.1) is 11.8 Å². The van der Waals surface area contributed by atoms with Crippen molar-refractivity contribution in [1.29, 1.82) is 0 Å². The van der Waals surface area contributed by atoms with E-state index in [1.54, 1.807) is 38.1 Å². The Morgan fingerprint density at radius 3 is 2.10 bits per heavy atom. The van der Waals surface area contributed by atoms with Crippen molar-refractivity contribution < 1.29 is 47.6 Å². The van der Waals surface area contributed by atoms with Gasteiger partial charge in [0.05, 0.1) is 13.2 Å². The van der Waals surface area contributed by atoms with E-state index in [2.05, 4.69) is 31.1 Å². The summed E-state index contributed by atoms with van der Waals surface area (Å²) in [5.41, 5.74) is 1.03. The summed E-state index contributed by atoms with van der Waals surface area (Å²) >= 11 is 1.49. The van der Waals surface area contributed by atoms with Gasteiger partial charge in [-0.2, -0.15) is 11.8 Å². The molecule has 2 heterocycles. The molecule has 2 aliphatic rings. The Kier molecular flexibility index (Phi) is 15.9. The topological polar surface area (TPSA) is 233 Å². The minimum absolute atomic E-state index is 0.0123. The maximum absolute atomic E-state index is 14.0. The molecule has 3 rings (SSSR count). The number of hydrogen-bond acceptors (Lipinski definition) is 9. The van der Waals surface area contributed by atoms with Crippen molar-refractivity contribution in [3.05, 3.63) is 35.4 Å². The number of carbonyl (C=O) groups excluding carboxylic acids is 6. The van der Waals surface area contributed by atoms with E-state index in [0.717, 1.165) is 0 Å². The Morgan fingerprint density at radius 2 is 1.49 bits per heavy atom. The third-order valence-electron chi connectivity index (χ3n) is 8.59. The number of phosphoric ester groups is 1. The molecule has 0 bridgehead atoms. The minimum Gasteiger partial charge on any atom is -0.345 e. The van der Waals surface area contributed by atoms with Gasteiger partial charge in [-0.05, 0) is 60.7 Å². The van der Waals surface area contributed by atoms with Crippen LogP contribution in [0.5, 0.6) is 0 Å². The molecular weight excluding hydrogens is 703 g/mol. The van der Waals surface area contributed by atoms with Gasteiger partial charge < -0.3 is 41.3 Å². The van der Waals surface area contributed by atoms with Crippen LogP contribution in [0.1, 0.15) is 64.5 Å². The van der Waals surface area contributed by atoms with Crippen molar-refractivity contribution in [3.63, 3.8) is 0 Å². The van der Waals surface area contributed by atoms with Crippen LogP contribution in [0.3, 0.4) is 0 Å². The van der Waals surface area contributed by atoms with Crippen molar-refractivity contribution >= 4 is 55.0 Å². The zero-order valence-corrected chi connectivity index (χ0v) is 31.4. The van der Waals surface area contributed by atoms with Crippen LogP contribution in [-0.2, 0) is 50.9 Å². The van der Waals surface area contributed by atoms with E-state index >= 15 is 0 Å². The minimum atomic E-state index is -4.69. The van der Waals surface area contributed by atoms with Gasteiger partial charge in [0.1, 0.15) is 30.2 Å². The van der Waals surface area contributed by atoms with Crippen LogP contribution in [0.15, 0.2) is 24.3 Å². The molecule has 0 aromatic heterocycles. The molecule has 6 amide bonds. The monoisotopic (exact) mass is 754 g/mol. The second-order valence-corrected chi connectivity index (χ2v) is 15.8. The molecule has 1 aromatic rings. The summed E-state index contributed by atoms with van der Waals surface area (Å²) in [6.07, 6.45) is 3.27. The van der Waals surface area contributed by atoms with Crippen LogP contribution < -0.4 is 26.6 Å². The molecule has 2 aliphatic heterocycles. The van der Waals surface area contributed by atoms with Crippen LogP contribution in [0.25, 0.3) is 0 Å². The number of fused-ring (bicyclic) bond motifs is 1. The summed E-state index contributed by atoms with van der Waals surface area (Å²) in [4.78, 5) is 101. The van der Waals surface area contributed by atoms with Gasteiger partial charge in [-0.15, -0.1) is 0 Å². The summed E-state index contributed by atoms with van der Waals surface area (Å²) in [6, 6.07) is 1.20. The van der Waals surface area contributed by atoms with Crippen molar-refractivity contribution in [2.45, 2.75) is 96.6 Å². The van der Waals surface area contributed by atoms with Crippen LogP contribution in [0.2, 0.25) is 0 Å². The molecule has 5 atom stereocenters. The number of amides is 6. The number of carbonyl (C=O) groups is 6. The predicted octanol–water partition coefficient (Wildman–Crippen LogP) is 0.354. The number of rotatable bonds is 11. The van der Waals surface area contributed by atoms with Gasteiger partial charge in [0, 0.05) is 13.0 Å². The number of nitrogens with zero attached hydrogens (tertiary/aromatic N) is 1. The lowest BCUT2D eigenvalue weighted by atomic mass is 9.99. The molecule has 2 saturated heterocycles. The van der Waals surface area contributed by atoms with Crippen molar-refractivity contribution in [2.75, 3.05) is 25.1 Å². The van der Waals surface area contributed by atoms with Crippen LogP contribution >= 0.6 is 19.6 Å². The zero-order valence-electron chi connectivity index (χ0n) is 29.7. The van der Waals surface area contributed by atoms with E-state index in [4.69, 9.17) is 9.79 Å². The molecule has 284 valence electrons. The van der Waals surface area contributed by atoms with Gasteiger partial charge in [0.2, 0.25) is 35.4 Å². The highest BCUT2D eigenvalue weighted by atomic mass is 32.2.